The van der Waals surface area contributed by atoms with Gasteiger partial charge in [0.05, 0.1) is 12.5 Å². The summed E-state index contributed by atoms with van der Waals surface area (Å²) >= 11 is 0. The van der Waals surface area contributed by atoms with Gasteiger partial charge in [-0.25, -0.2) is 0 Å². The largest absolute Gasteiger partial charge is 0.481 e. The molecule has 0 aromatic heterocycles. The minimum absolute atomic E-state index is 0.0313. The van der Waals surface area contributed by atoms with Crippen molar-refractivity contribution in [1.82, 2.24) is 4.90 Å². The number of hydrogen-bond donors (Lipinski definition) is 2. The Morgan fingerprint density at radius 3 is 2.61 bits per heavy atom. The van der Waals surface area contributed by atoms with Crippen molar-refractivity contribution in [2.75, 3.05) is 18.4 Å². The SMILES string of the molecule is CCCCC1C(C(=O)O)CCN1CC(=O)Nc1ccc(C)cc1. The summed E-state index contributed by atoms with van der Waals surface area (Å²) in [5.74, 6) is -1.18. The maximum Gasteiger partial charge on any atom is 0.308 e. The van der Waals surface area contributed by atoms with Crippen LogP contribution < -0.4 is 5.32 Å². The molecule has 0 bridgehead atoms. The summed E-state index contributed by atoms with van der Waals surface area (Å²) in [6.07, 6.45) is 3.49. The quantitative estimate of drug-likeness (QED) is 0.811. The molecule has 0 radical (unpaired) electrons. The van der Waals surface area contributed by atoms with Gasteiger partial charge in [0.1, 0.15) is 0 Å². The van der Waals surface area contributed by atoms with Gasteiger partial charge in [-0.15, -0.1) is 0 Å². The van der Waals surface area contributed by atoms with Crippen LogP contribution >= 0.6 is 0 Å². The molecule has 2 rings (SSSR count). The minimum atomic E-state index is -0.743. The third-order valence-corrected chi connectivity index (χ3v) is 4.51. The van der Waals surface area contributed by atoms with Crippen LogP contribution in [0.3, 0.4) is 0 Å². The third kappa shape index (κ3) is 4.79. The first-order chi connectivity index (χ1) is 11.0. The van der Waals surface area contributed by atoms with Gasteiger partial charge in [-0.05, 0) is 38.4 Å². The molecule has 1 aliphatic rings. The number of benzene rings is 1. The van der Waals surface area contributed by atoms with E-state index in [1.165, 1.54) is 0 Å². The van der Waals surface area contributed by atoms with Gasteiger partial charge in [-0.1, -0.05) is 37.5 Å². The number of carbonyl (C=O) groups is 2. The minimum Gasteiger partial charge on any atom is -0.481 e. The van der Waals surface area contributed by atoms with Gasteiger partial charge in [0, 0.05) is 11.7 Å². The zero-order valence-electron chi connectivity index (χ0n) is 13.9. The highest BCUT2D eigenvalue weighted by Crippen LogP contribution is 2.28. The monoisotopic (exact) mass is 318 g/mol. The lowest BCUT2D eigenvalue weighted by atomic mass is 9.96. The summed E-state index contributed by atoms with van der Waals surface area (Å²) in [7, 11) is 0. The van der Waals surface area contributed by atoms with Crippen LogP contribution in [0.1, 0.15) is 38.2 Å². The van der Waals surface area contributed by atoms with Crippen molar-refractivity contribution >= 4 is 17.6 Å². The average Bonchev–Trinajstić information content (AvgIpc) is 2.90. The molecule has 1 heterocycles. The van der Waals surface area contributed by atoms with Crippen molar-refractivity contribution in [2.45, 2.75) is 45.6 Å². The van der Waals surface area contributed by atoms with Crippen molar-refractivity contribution in [3.8, 4) is 0 Å². The summed E-state index contributed by atoms with van der Waals surface area (Å²) in [4.78, 5) is 25.7. The Labute approximate surface area is 137 Å². The molecule has 23 heavy (non-hydrogen) atoms. The van der Waals surface area contributed by atoms with E-state index >= 15 is 0 Å². The first-order valence-electron chi connectivity index (χ1n) is 8.34. The van der Waals surface area contributed by atoms with Gasteiger partial charge in [0.15, 0.2) is 0 Å². The van der Waals surface area contributed by atoms with Crippen molar-refractivity contribution < 1.29 is 14.7 Å². The molecule has 1 aromatic carbocycles. The van der Waals surface area contributed by atoms with Crippen molar-refractivity contribution in [3.63, 3.8) is 0 Å². The number of aliphatic carboxylic acids is 1. The second-order valence-electron chi connectivity index (χ2n) is 6.33. The number of carboxylic acids is 1. The van der Waals surface area contributed by atoms with Crippen LogP contribution in [0, 0.1) is 12.8 Å². The summed E-state index contributed by atoms with van der Waals surface area (Å²) in [5.41, 5.74) is 1.92. The van der Waals surface area contributed by atoms with Crippen molar-refractivity contribution in [2.24, 2.45) is 5.92 Å². The molecule has 5 nitrogen and oxygen atoms in total. The molecule has 1 fully saturated rings. The van der Waals surface area contributed by atoms with E-state index in [1.54, 1.807) is 0 Å². The van der Waals surface area contributed by atoms with E-state index < -0.39 is 5.97 Å². The lowest BCUT2D eigenvalue weighted by Crippen LogP contribution is -2.40. The van der Waals surface area contributed by atoms with Gasteiger partial charge in [0.2, 0.25) is 5.91 Å². The van der Waals surface area contributed by atoms with Crippen LogP contribution in [0.2, 0.25) is 0 Å². The molecule has 2 N–H and O–H groups in total. The second kappa shape index (κ2) is 8.11. The number of aryl methyl sites for hydroxylation is 1. The maximum atomic E-state index is 12.2. The number of hydrogen-bond acceptors (Lipinski definition) is 3. The Bertz CT molecular complexity index is 542. The first-order valence-corrected chi connectivity index (χ1v) is 8.34. The Morgan fingerprint density at radius 1 is 1.30 bits per heavy atom. The summed E-state index contributed by atoms with van der Waals surface area (Å²) in [6, 6.07) is 7.64. The van der Waals surface area contributed by atoms with Crippen LogP contribution in [-0.4, -0.2) is 41.0 Å². The fourth-order valence-corrected chi connectivity index (χ4v) is 3.22. The number of unbranched alkanes of at least 4 members (excludes halogenated alkanes) is 1. The molecular formula is C18H26N2O3. The number of amides is 1. The van der Waals surface area contributed by atoms with E-state index in [4.69, 9.17) is 0 Å². The number of anilines is 1. The maximum absolute atomic E-state index is 12.2. The van der Waals surface area contributed by atoms with E-state index in [0.717, 1.165) is 30.5 Å². The van der Waals surface area contributed by atoms with Gasteiger partial charge >= 0.3 is 5.97 Å². The van der Waals surface area contributed by atoms with Crippen LogP contribution in [0.15, 0.2) is 24.3 Å². The highest BCUT2D eigenvalue weighted by Gasteiger charge is 2.38. The standard InChI is InChI=1S/C18H26N2O3/c1-3-4-5-16-15(18(22)23)10-11-20(16)12-17(21)19-14-8-6-13(2)7-9-14/h6-9,15-16H,3-5,10-12H2,1-2H3,(H,19,21)(H,22,23). The molecule has 0 spiro atoms. The molecule has 126 valence electrons. The van der Waals surface area contributed by atoms with Gasteiger partial charge < -0.3 is 10.4 Å². The molecule has 0 aliphatic carbocycles. The molecule has 2 unspecified atom stereocenters. The number of nitrogens with one attached hydrogen (secondary N) is 1. The molecule has 1 saturated heterocycles. The number of likely N-dealkylation sites (tertiary alicyclic amines) is 1. The highest BCUT2D eigenvalue weighted by molar-refractivity contribution is 5.92. The zero-order chi connectivity index (χ0) is 16.8. The number of carboxylic acid groups (broad SMARTS) is 1. The van der Waals surface area contributed by atoms with Crippen LogP contribution in [0.25, 0.3) is 0 Å². The normalized spacial score (nSPS) is 21.3. The predicted molar refractivity (Wildman–Crippen MR) is 90.4 cm³/mol. The fourth-order valence-electron chi connectivity index (χ4n) is 3.22. The summed E-state index contributed by atoms with van der Waals surface area (Å²) < 4.78 is 0. The molecule has 5 heteroatoms. The summed E-state index contributed by atoms with van der Waals surface area (Å²) in [5, 5.41) is 12.3. The van der Waals surface area contributed by atoms with Gasteiger partial charge in [0.25, 0.3) is 0 Å². The van der Waals surface area contributed by atoms with Gasteiger partial charge in [-0.2, -0.15) is 0 Å². The topological polar surface area (TPSA) is 69.6 Å². The molecule has 2 atom stereocenters. The zero-order valence-corrected chi connectivity index (χ0v) is 13.9. The van der Waals surface area contributed by atoms with Crippen LogP contribution in [0.4, 0.5) is 5.69 Å². The first kappa shape index (κ1) is 17.5. The smallest absolute Gasteiger partial charge is 0.308 e. The third-order valence-electron chi connectivity index (χ3n) is 4.51. The Balaban J connectivity index is 1.95. The lowest BCUT2D eigenvalue weighted by Gasteiger charge is -2.26. The lowest BCUT2D eigenvalue weighted by molar-refractivity contribution is -0.142. The van der Waals surface area contributed by atoms with E-state index in [2.05, 4.69) is 12.2 Å². The number of carbonyl (C=O) groups excluding carboxylic acids is 1. The van der Waals surface area contributed by atoms with E-state index in [0.29, 0.717) is 13.0 Å². The summed E-state index contributed by atoms with van der Waals surface area (Å²) in [6.45, 7) is 5.03. The Kier molecular flexibility index (Phi) is 6.16. The molecule has 1 aromatic rings. The number of rotatable bonds is 7. The van der Waals surface area contributed by atoms with Crippen molar-refractivity contribution in [1.29, 1.82) is 0 Å². The van der Waals surface area contributed by atoms with E-state index in [-0.39, 0.29) is 24.4 Å². The fraction of sp³-hybridized carbons (Fsp3) is 0.556. The predicted octanol–water partition coefficient (Wildman–Crippen LogP) is 2.90. The molecule has 0 saturated carbocycles. The van der Waals surface area contributed by atoms with Crippen LogP contribution in [-0.2, 0) is 9.59 Å². The molecular weight excluding hydrogens is 292 g/mol. The average molecular weight is 318 g/mol. The van der Waals surface area contributed by atoms with E-state index in [9.17, 15) is 14.7 Å². The molecule has 1 aliphatic heterocycles. The molecule has 1 amide bonds. The Morgan fingerprint density at radius 2 is 2.00 bits per heavy atom. The second-order valence-corrected chi connectivity index (χ2v) is 6.33. The van der Waals surface area contributed by atoms with Gasteiger partial charge in [-0.3, -0.25) is 14.5 Å². The number of nitrogens with zero attached hydrogens (tertiary/aromatic N) is 1. The highest BCUT2D eigenvalue weighted by atomic mass is 16.4. The van der Waals surface area contributed by atoms with Crippen LogP contribution in [0.5, 0.6) is 0 Å². The van der Waals surface area contributed by atoms with E-state index in [1.807, 2.05) is 36.1 Å². The Hall–Kier alpha value is -1.88. The van der Waals surface area contributed by atoms with Crippen molar-refractivity contribution in [3.05, 3.63) is 29.8 Å².